The number of carbonyl (C=O) groups excluding carboxylic acids is 2. The fraction of sp³-hybridized carbons (Fsp3) is 0.143. The van der Waals surface area contributed by atoms with Gasteiger partial charge in [-0.1, -0.05) is 48.0 Å². The Hall–Kier alpha value is -2.94. The van der Waals surface area contributed by atoms with Crippen molar-refractivity contribution in [3.8, 4) is 0 Å². The summed E-state index contributed by atoms with van der Waals surface area (Å²) >= 11 is 6.02. The van der Waals surface area contributed by atoms with Gasteiger partial charge in [0.2, 0.25) is 10.0 Å². The third kappa shape index (κ3) is 4.62. The molecule has 0 heterocycles. The van der Waals surface area contributed by atoms with Crippen molar-refractivity contribution in [1.29, 1.82) is 0 Å². The molecule has 156 valence electrons. The summed E-state index contributed by atoms with van der Waals surface area (Å²) in [5, 5.41) is 4.53. The Morgan fingerprint density at radius 1 is 1.03 bits per heavy atom. The third-order valence-electron chi connectivity index (χ3n) is 4.33. The molecule has 0 spiro atoms. The molecule has 0 unspecified atom stereocenters. The van der Waals surface area contributed by atoms with Crippen molar-refractivity contribution >= 4 is 50.0 Å². The van der Waals surface area contributed by atoms with Crippen LogP contribution >= 0.6 is 11.6 Å². The smallest absolute Gasteiger partial charge is 0.340 e. The zero-order chi connectivity index (χ0) is 21.9. The SMILES string of the molecule is CN(C)S(=O)(=O)c1ccc(Cl)c(C(=O)OCC(=O)Nc2cccc3ccccc23)c1. The number of carbonyl (C=O) groups is 2. The molecule has 0 atom stereocenters. The van der Waals surface area contributed by atoms with E-state index in [9.17, 15) is 18.0 Å². The molecule has 3 aromatic rings. The number of nitrogens with one attached hydrogen (secondary N) is 1. The predicted molar refractivity (Wildman–Crippen MR) is 115 cm³/mol. The van der Waals surface area contributed by atoms with E-state index in [0.29, 0.717) is 5.69 Å². The third-order valence-corrected chi connectivity index (χ3v) is 6.48. The van der Waals surface area contributed by atoms with Crippen LogP contribution in [0.2, 0.25) is 5.02 Å². The minimum Gasteiger partial charge on any atom is -0.452 e. The molecule has 0 radical (unpaired) electrons. The highest BCUT2D eigenvalue weighted by Crippen LogP contribution is 2.24. The van der Waals surface area contributed by atoms with E-state index < -0.39 is 28.5 Å². The first-order valence-corrected chi connectivity index (χ1v) is 10.7. The summed E-state index contributed by atoms with van der Waals surface area (Å²) in [6.45, 7) is -0.553. The summed E-state index contributed by atoms with van der Waals surface area (Å²) in [5.41, 5.74) is 0.448. The maximum Gasteiger partial charge on any atom is 0.340 e. The van der Waals surface area contributed by atoms with Crippen LogP contribution in [0.5, 0.6) is 0 Å². The first kappa shape index (κ1) is 21.8. The molecule has 7 nitrogen and oxygen atoms in total. The normalized spacial score (nSPS) is 11.5. The summed E-state index contributed by atoms with van der Waals surface area (Å²) in [6, 6.07) is 16.7. The molecule has 0 fully saturated rings. The lowest BCUT2D eigenvalue weighted by atomic mass is 10.1. The number of rotatable bonds is 6. The van der Waals surface area contributed by atoms with Gasteiger partial charge in [-0.25, -0.2) is 17.5 Å². The van der Waals surface area contributed by atoms with E-state index >= 15 is 0 Å². The maximum absolute atomic E-state index is 12.4. The van der Waals surface area contributed by atoms with Gasteiger partial charge in [-0.3, -0.25) is 4.79 Å². The Morgan fingerprint density at radius 3 is 2.47 bits per heavy atom. The highest BCUT2D eigenvalue weighted by Gasteiger charge is 2.22. The fourth-order valence-electron chi connectivity index (χ4n) is 2.76. The first-order chi connectivity index (χ1) is 14.2. The van der Waals surface area contributed by atoms with E-state index in [1.54, 1.807) is 12.1 Å². The molecule has 0 aliphatic rings. The highest BCUT2D eigenvalue weighted by atomic mass is 35.5. The second-order valence-corrected chi connectivity index (χ2v) is 9.14. The van der Waals surface area contributed by atoms with Crippen LogP contribution in [0.3, 0.4) is 0 Å². The predicted octanol–water partition coefficient (Wildman–Crippen LogP) is 3.54. The van der Waals surface area contributed by atoms with Gasteiger partial charge in [-0.15, -0.1) is 0 Å². The van der Waals surface area contributed by atoms with Gasteiger partial charge < -0.3 is 10.1 Å². The zero-order valence-electron chi connectivity index (χ0n) is 16.3. The van der Waals surface area contributed by atoms with Crippen LogP contribution in [0, 0.1) is 0 Å². The Labute approximate surface area is 179 Å². The van der Waals surface area contributed by atoms with E-state index in [2.05, 4.69) is 5.32 Å². The maximum atomic E-state index is 12.4. The number of anilines is 1. The molecule has 0 saturated heterocycles. The molecule has 0 saturated carbocycles. The van der Waals surface area contributed by atoms with Gasteiger partial charge in [0.25, 0.3) is 5.91 Å². The van der Waals surface area contributed by atoms with Crippen molar-refractivity contribution in [3.05, 3.63) is 71.2 Å². The molecular weight excluding hydrogens is 428 g/mol. The molecular formula is C21H19ClN2O5S. The number of hydrogen-bond acceptors (Lipinski definition) is 5. The average Bonchev–Trinajstić information content (AvgIpc) is 2.72. The van der Waals surface area contributed by atoms with Gasteiger partial charge in [0.15, 0.2) is 6.61 Å². The summed E-state index contributed by atoms with van der Waals surface area (Å²) in [4.78, 5) is 24.5. The average molecular weight is 447 g/mol. The van der Waals surface area contributed by atoms with E-state index in [-0.39, 0.29) is 15.5 Å². The molecule has 0 aliphatic carbocycles. The van der Waals surface area contributed by atoms with E-state index in [1.807, 2.05) is 30.3 Å². The van der Waals surface area contributed by atoms with Crippen molar-refractivity contribution in [3.63, 3.8) is 0 Å². The van der Waals surface area contributed by atoms with Gasteiger partial charge >= 0.3 is 5.97 Å². The van der Waals surface area contributed by atoms with Crippen LogP contribution in [0.25, 0.3) is 10.8 Å². The largest absolute Gasteiger partial charge is 0.452 e. The highest BCUT2D eigenvalue weighted by molar-refractivity contribution is 7.89. The number of hydrogen-bond donors (Lipinski definition) is 1. The summed E-state index contributed by atoms with van der Waals surface area (Å²) in [5.74, 6) is -1.43. The Morgan fingerprint density at radius 2 is 1.73 bits per heavy atom. The number of amides is 1. The molecule has 1 amide bonds. The zero-order valence-corrected chi connectivity index (χ0v) is 17.8. The summed E-state index contributed by atoms with van der Waals surface area (Å²) < 4.78 is 30.6. The first-order valence-electron chi connectivity index (χ1n) is 8.87. The lowest BCUT2D eigenvalue weighted by Crippen LogP contribution is -2.23. The molecule has 0 bridgehead atoms. The number of benzene rings is 3. The van der Waals surface area contributed by atoms with Gasteiger partial charge in [-0.05, 0) is 29.7 Å². The Bertz CT molecular complexity index is 1220. The van der Waals surface area contributed by atoms with Crippen molar-refractivity contribution in [2.45, 2.75) is 4.90 Å². The number of ether oxygens (including phenoxy) is 1. The van der Waals surface area contributed by atoms with E-state index in [4.69, 9.17) is 16.3 Å². The molecule has 3 aromatic carbocycles. The minimum absolute atomic E-state index is 0.0205. The second kappa shape index (κ2) is 8.83. The summed E-state index contributed by atoms with van der Waals surface area (Å²) in [6.07, 6.45) is 0. The van der Waals surface area contributed by atoms with Crippen LogP contribution in [-0.4, -0.2) is 45.3 Å². The van der Waals surface area contributed by atoms with Crippen LogP contribution in [0.1, 0.15) is 10.4 Å². The molecule has 30 heavy (non-hydrogen) atoms. The molecule has 0 aromatic heterocycles. The van der Waals surface area contributed by atoms with Gasteiger partial charge in [0, 0.05) is 25.2 Å². The van der Waals surface area contributed by atoms with Crippen LogP contribution < -0.4 is 5.32 Å². The van der Waals surface area contributed by atoms with Gasteiger partial charge in [0.05, 0.1) is 15.5 Å². The second-order valence-electron chi connectivity index (χ2n) is 6.58. The lowest BCUT2D eigenvalue weighted by Gasteiger charge is -2.13. The topological polar surface area (TPSA) is 92.8 Å². The van der Waals surface area contributed by atoms with Crippen LogP contribution in [-0.2, 0) is 19.6 Å². The lowest BCUT2D eigenvalue weighted by molar-refractivity contribution is -0.119. The van der Waals surface area contributed by atoms with Crippen molar-refractivity contribution in [2.75, 3.05) is 26.0 Å². The minimum atomic E-state index is -3.75. The number of sulfonamides is 1. The molecule has 1 N–H and O–H groups in total. The van der Waals surface area contributed by atoms with Crippen LogP contribution in [0.15, 0.2) is 65.6 Å². The summed E-state index contributed by atoms with van der Waals surface area (Å²) in [7, 11) is -1.01. The molecule has 0 aliphatic heterocycles. The van der Waals surface area contributed by atoms with E-state index in [1.165, 1.54) is 26.2 Å². The number of halogens is 1. The standard InChI is InChI=1S/C21H19ClN2O5S/c1-24(2)30(27,28)15-10-11-18(22)17(12-15)21(26)29-13-20(25)23-19-9-5-7-14-6-3-4-8-16(14)19/h3-12H,13H2,1-2H3,(H,23,25). The number of nitrogens with zero attached hydrogens (tertiary/aromatic N) is 1. The Kier molecular flexibility index (Phi) is 6.40. The molecule has 3 rings (SSSR count). The van der Waals surface area contributed by atoms with Gasteiger partial charge in [-0.2, -0.15) is 0 Å². The number of esters is 1. The van der Waals surface area contributed by atoms with Crippen LogP contribution in [0.4, 0.5) is 5.69 Å². The van der Waals surface area contributed by atoms with Crippen molar-refractivity contribution in [2.24, 2.45) is 0 Å². The Balaban J connectivity index is 1.72. The molecule has 9 heteroatoms. The fourth-order valence-corrected chi connectivity index (χ4v) is 3.88. The van der Waals surface area contributed by atoms with Crippen molar-refractivity contribution < 1.29 is 22.7 Å². The van der Waals surface area contributed by atoms with Crippen molar-refractivity contribution in [1.82, 2.24) is 4.31 Å². The monoisotopic (exact) mass is 446 g/mol. The number of fused-ring (bicyclic) bond motifs is 1. The van der Waals surface area contributed by atoms with E-state index in [0.717, 1.165) is 21.1 Å². The quantitative estimate of drug-likeness (QED) is 0.584. The van der Waals surface area contributed by atoms with Gasteiger partial charge in [0.1, 0.15) is 0 Å².